The van der Waals surface area contributed by atoms with Crippen molar-refractivity contribution in [3.05, 3.63) is 46.5 Å². The minimum Gasteiger partial charge on any atom is -0.508 e. The Morgan fingerprint density at radius 2 is 1.70 bits per heavy atom. The zero-order valence-electron chi connectivity index (χ0n) is 12.4. The SMILES string of the molecule is CC(C)=CCC1=C(O)C(O)(CC=C(C)C)C(=O)C=C1O. The van der Waals surface area contributed by atoms with Gasteiger partial charge in [0.1, 0.15) is 11.5 Å². The summed E-state index contributed by atoms with van der Waals surface area (Å²) >= 11 is 0. The van der Waals surface area contributed by atoms with Gasteiger partial charge < -0.3 is 15.3 Å². The smallest absolute Gasteiger partial charge is 0.198 e. The lowest BCUT2D eigenvalue weighted by Crippen LogP contribution is -2.42. The topological polar surface area (TPSA) is 77.8 Å². The van der Waals surface area contributed by atoms with E-state index in [0.29, 0.717) is 0 Å². The Morgan fingerprint density at radius 3 is 2.20 bits per heavy atom. The summed E-state index contributed by atoms with van der Waals surface area (Å²) in [6, 6.07) is 0. The third-order valence-electron chi connectivity index (χ3n) is 3.18. The zero-order valence-corrected chi connectivity index (χ0v) is 12.4. The van der Waals surface area contributed by atoms with Gasteiger partial charge in [-0.2, -0.15) is 0 Å². The van der Waals surface area contributed by atoms with Crippen molar-refractivity contribution < 1.29 is 20.1 Å². The van der Waals surface area contributed by atoms with Gasteiger partial charge in [-0.25, -0.2) is 0 Å². The number of allylic oxidation sites excluding steroid dienone is 4. The highest BCUT2D eigenvalue weighted by Gasteiger charge is 2.43. The van der Waals surface area contributed by atoms with E-state index in [1.807, 2.05) is 33.8 Å². The quantitative estimate of drug-likeness (QED) is 0.690. The molecule has 0 radical (unpaired) electrons. The van der Waals surface area contributed by atoms with Gasteiger partial charge in [0.05, 0.1) is 0 Å². The molecule has 0 amide bonds. The normalized spacial score (nSPS) is 22.4. The first-order valence-corrected chi connectivity index (χ1v) is 6.55. The van der Waals surface area contributed by atoms with Crippen LogP contribution in [-0.2, 0) is 4.79 Å². The fourth-order valence-electron chi connectivity index (χ4n) is 1.87. The number of rotatable bonds is 4. The van der Waals surface area contributed by atoms with Crippen molar-refractivity contribution in [3.8, 4) is 0 Å². The molecule has 4 heteroatoms. The highest BCUT2D eigenvalue weighted by atomic mass is 16.3. The Morgan fingerprint density at radius 1 is 1.15 bits per heavy atom. The second-order valence-corrected chi connectivity index (χ2v) is 5.55. The molecule has 1 aliphatic rings. The molecule has 0 aromatic rings. The molecule has 1 atom stereocenters. The summed E-state index contributed by atoms with van der Waals surface area (Å²) in [7, 11) is 0. The van der Waals surface area contributed by atoms with Gasteiger partial charge in [-0.3, -0.25) is 4.79 Å². The van der Waals surface area contributed by atoms with E-state index in [2.05, 4.69) is 0 Å². The Hall–Kier alpha value is -1.81. The molecule has 1 rings (SSSR count). The molecule has 110 valence electrons. The predicted molar refractivity (Wildman–Crippen MR) is 78.4 cm³/mol. The molecule has 0 aromatic carbocycles. The van der Waals surface area contributed by atoms with Crippen LogP contribution in [0.2, 0.25) is 0 Å². The van der Waals surface area contributed by atoms with Gasteiger partial charge in [-0.05, 0) is 34.1 Å². The number of hydrogen-bond donors (Lipinski definition) is 3. The Balaban J connectivity index is 3.22. The summed E-state index contributed by atoms with van der Waals surface area (Å²) in [5.41, 5.74) is 0.163. The average Bonchev–Trinajstić information content (AvgIpc) is 2.33. The van der Waals surface area contributed by atoms with Gasteiger partial charge in [0.15, 0.2) is 11.4 Å². The van der Waals surface area contributed by atoms with E-state index in [1.165, 1.54) is 0 Å². The zero-order chi connectivity index (χ0) is 15.5. The summed E-state index contributed by atoms with van der Waals surface area (Å²) in [4.78, 5) is 11.9. The molecular weight excluding hydrogens is 256 g/mol. The van der Waals surface area contributed by atoms with Crippen molar-refractivity contribution in [2.24, 2.45) is 0 Å². The van der Waals surface area contributed by atoms with Gasteiger partial charge in [0.25, 0.3) is 0 Å². The molecule has 0 aliphatic heterocycles. The number of aliphatic hydroxyl groups excluding tert-OH is 2. The fourth-order valence-corrected chi connectivity index (χ4v) is 1.87. The first-order chi connectivity index (χ1) is 9.18. The van der Waals surface area contributed by atoms with E-state index in [0.717, 1.165) is 17.2 Å². The van der Waals surface area contributed by atoms with Gasteiger partial charge in [-0.1, -0.05) is 23.3 Å². The second kappa shape index (κ2) is 6.09. The van der Waals surface area contributed by atoms with Crippen LogP contribution >= 0.6 is 0 Å². The van der Waals surface area contributed by atoms with Crippen molar-refractivity contribution in [1.82, 2.24) is 0 Å². The highest BCUT2D eigenvalue weighted by molar-refractivity contribution is 6.01. The molecule has 1 unspecified atom stereocenters. The van der Waals surface area contributed by atoms with Crippen LogP contribution in [0.3, 0.4) is 0 Å². The van der Waals surface area contributed by atoms with Gasteiger partial charge in [0.2, 0.25) is 0 Å². The predicted octanol–water partition coefficient (Wildman–Crippen LogP) is 3.27. The molecule has 0 bridgehead atoms. The van der Waals surface area contributed by atoms with E-state index < -0.39 is 17.1 Å². The minimum absolute atomic E-state index is 0.0118. The first-order valence-electron chi connectivity index (χ1n) is 6.55. The Bertz CT molecular complexity index is 527. The van der Waals surface area contributed by atoms with Crippen LogP contribution in [0.5, 0.6) is 0 Å². The minimum atomic E-state index is -1.98. The molecule has 3 N–H and O–H groups in total. The van der Waals surface area contributed by atoms with E-state index in [9.17, 15) is 20.1 Å². The summed E-state index contributed by atoms with van der Waals surface area (Å²) in [5, 5.41) is 30.4. The van der Waals surface area contributed by atoms with E-state index in [1.54, 1.807) is 6.08 Å². The molecule has 0 saturated heterocycles. The second-order valence-electron chi connectivity index (χ2n) is 5.55. The molecule has 1 aliphatic carbocycles. The molecule has 0 saturated carbocycles. The maximum absolute atomic E-state index is 11.9. The maximum atomic E-state index is 11.9. The lowest BCUT2D eigenvalue weighted by atomic mass is 9.83. The summed E-state index contributed by atoms with van der Waals surface area (Å²) in [6.45, 7) is 7.47. The molecule has 0 spiro atoms. The van der Waals surface area contributed by atoms with Crippen molar-refractivity contribution in [3.63, 3.8) is 0 Å². The van der Waals surface area contributed by atoms with Crippen molar-refractivity contribution >= 4 is 5.78 Å². The van der Waals surface area contributed by atoms with Gasteiger partial charge in [0, 0.05) is 18.1 Å². The van der Waals surface area contributed by atoms with Crippen LogP contribution < -0.4 is 0 Å². The summed E-state index contributed by atoms with van der Waals surface area (Å²) in [6.07, 6.45) is 4.73. The molecule has 0 aromatic heterocycles. The van der Waals surface area contributed by atoms with E-state index >= 15 is 0 Å². The molecule has 0 fully saturated rings. The van der Waals surface area contributed by atoms with Crippen LogP contribution in [-0.4, -0.2) is 26.7 Å². The Labute approximate surface area is 119 Å². The molecule has 20 heavy (non-hydrogen) atoms. The van der Waals surface area contributed by atoms with Crippen molar-refractivity contribution in [2.45, 2.75) is 46.1 Å². The van der Waals surface area contributed by atoms with E-state index in [4.69, 9.17) is 0 Å². The molecular formula is C16H22O4. The summed E-state index contributed by atoms with van der Waals surface area (Å²) in [5.74, 6) is -1.45. The van der Waals surface area contributed by atoms with Crippen LogP contribution in [0.25, 0.3) is 0 Å². The first kappa shape index (κ1) is 16.2. The highest BCUT2D eigenvalue weighted by Crippen LogP contribution is 2.33. The lowest BCUT2D eigenvalue weighted by molar-refractivity contribution is -0.131. The van der Waals surface area contributed by atoms with Crippen LogP contribution in [0.4, 0.5) is 0 Å². The monoisotopic (exact) mass is 278 g/mol. The number of carbonyl (C=O) groups excluding carboxylic acids is 1. The third kappa shape index (κ3) is 3.39. The standard InChI is InChI=1S/C16H22O4/c1-10(2)5-6-12-13(17)9-14(18)16(20,15(12)19)8-7-11(3)4/h5,7,9,17,19-20H,6,8H2,1-4H3. The molecule has 0 heterocycles. The lowest BCUT2D eigenvalue weighted by Gasteiger charge is -2.29. The number of hydrogen-bond acceptors (Lipinski definition) is 4. The van der Waals surface area contributed by atoms with Crippen LogP contribution in [0, 0.1) is 0 Å². The average molecular weight is 278 g/mol. The van der Waals surface area contributed by atoms with Crippen molar-refractivity contribution in [1.29, 1.82) is 0 Å². The third-order valence-corrected chi connectivity index (χ3v) is 3.18. The largest absolute Gasteiger partial charge is 0.508 e. The van der Waals surface area contributed by atoms with Crippen LogP contribution in [0.15, 0.2) is 46.5 Å². The fraction of sp³-hybridized carbons (Fsp3) is 0.438. The Kier molecular flexibility index (Phi) is 4.95. The summed E-state index contributed by atoms with van der Waals surface area (Å²) < 4.78 is 0. The number of carbonyl (C=O) groups is 1. The van der Waals surface area contributed by atoms with Crippen LogP contribution in [0.1, 0.15) is 40.5 Å². The van der Waals surface area contributed by atoms with Crippen molar-refractivity contribution in [2.75, 3.05) is 0 Å². The number of ketones is 1. The number of aliphatic hydroxyl groups is 3. The molecule has 4 nitrogen and oxygen atoms in total. The van der Waals surface area contributed by atoms with E-state index in [-0.39, 0.29) is 24.2 Å². The van der Waals surface area contributed by atoms with Gasteiger partial charge in [-0.15, -0.1) is 0 Å². The maximum Gasteiger partial charge on any atom is 0.198 e. The van der Waals surface area contributed by atoms with Gasteiger partial charge >= 0.3 is 0 Å².